The number of H-pyrrole nitrogens is 1. The Labute approximate surface area is 154 Å². The second-order valence-corrected chi connectivity index (χ2v) is 6.24. The van der Waals surface area contributed by atoms with Crippen molar-refractivity contribution >= 4 is 22.4 Å². The fourth-order valence-corrected chi connectivity index (χ4v) is 3.28. The highest BCUT2D eigenvalue weighted by Gasteiger charge is 2.17. The van der Waals surface area contributed by atoms with Gasteiger partial charge in [0.1, 0.15) is 11.6 Å². The molecule has 0 bridgehead atoms. The number of aromatic nitrogens is 5. The van der Waals surface area contributed by atoms with Crippen LogP contribution in [0.4, 0.5) is 0 Å². The van der Waals surface area contributed by atoms with Crippen LogP contribution in [0, 0.1) is 0 Å². The van der Waals surface area contributed by atoms with Crippen molar-refractivity contribution in [2.45, 2.75) is 0 Å². The summed E-state index contributed by atoms with van der Waals surface area (Å²) in [6.45, 7) is 3.57. The van der Waals surface area contributed by atoms with Crippen molar-refractivity contribution in [3.63, 3.8) is 0 Å². The number of benzene rings is 1. The number of rotatable bonds is 3. The molecule has 0 radical (unpaired) electrons. The average molecular weight is 353 g/mol. The number of hydrogen-bond donors (Lipinski definition) is 2. The van der Waals surface area contributed by atoms with Gasteiger partial charge < -0.3 is 10.1 Å². The van der Waals surface area contributed by atoms with E-state index in [4.69, 9.17) is 4.98 Å². The summed E-state index contributed by atoms with van der Waals surface area (Å²) in [7, 11) is 0. The zero-order valence-electron chi connectivity index (χ0n) is 14.3. The third kappa shape index (κ3) is 2.38. The van der Waals surface area contributed by atoms with E-state index < -0.39 is 0 Å². The number of nitrogens with zero attached hydrogens (tertiary/aromatic N) is 4. The van der Waals surface area contributed by atoms with Gasteiger partial charge in [-0.15, -0.1) is 0 Å². The van der Waals surface area contributed by atoms with Crippen LogP contribution < -0.4 is 0 Å². The van der Waals surface area contributed by atoms with Crippen molar-refractivity contribution in [2.24, 2.45) is 0 Å². The maximum Gasteiger partial charge on any atom is 0.154 e. The van der Waals surface area contributed by atoms with E-state index in [0.29, 0.717) is 5.56 Å². The minimum Gasteiger partial charge on any atom is -0.508 e. The Balaban J connectivity index is 1.82. The molecule has 5 aromatic rings. The fourth-order valence-electron chi connectivity index (χ4n) is 3.28. The molecule has 0 spiro atoms. The molecular formula is C21H15N5O. The highest BCUT2D eigenvalue weighted by atomic mass is 16.3. The Hall–Kier alpha value is -3.93. The lowest BCUT2D eigenvalue weighted by Gasteiger charge is -2.03. The van der Waals surface area contributed by atoms with Gasteiger partial charge in [-0.25, -0.2) is 9.97 Å². The number of nitrogens with one attached hydrogen (secondary N) is 1. The van der Waals surface area contributed by atoms with E-state index in [1.165, 1.54) is 0 Å². The normalized spacial score (nSPS) is 11.3. The van der Waals surface area contributed by atoms with Gasteiger partial charge in [-0.2, -0.15) is 0 Å². The van der Waals surface area contributed by atoms with Crippen molar-refractivity contribution < 1.29 is 5.11 Å². The predicted molar refractivity (Wildman–Crippen MR) is 105 cm³/mol. The fraction of sp³-hybridized carbons (Fsp3) is 0. The van der Waals surface area contributed by atoms with Gasteiger partial charge in [-0.3, -0.25) is 9.38 Å². The van der Waals surface area contributed by atoms with E-state index in [0.717, 1.165) is 39.3 Å². The van der Waals surface area contributed by atoms with Gasteiger partial charge in [0, 0.05) is 35.3 Å². The van der Waals surface area contributed by atoms with Crippen LogP contribution >= 0.6 is 0 Å². The Morgan fingerprint density at radius 2 is 1.85 bits per heavy atom. The minimum atomic E-state index is 0.0444. The third-order valence-corrected chi connectivity index (χ3v) is 4.59. The molecule has 4 heterocycles. The summed E-state index contributed by atoms with van der Waals surface area (Å²) in [5, 5.41) is 9.57. The first kappa shape index (κ1) is 15.3. The van der Waals surface area contributed by atoms with Gasteiger partial charge in [-0.05, 0) is 18.2 Å². The molecule has 27 heavy (non-hydrogen) atoms. The highest BCUT2D eigenvalue weighted by molar-refractivity contribution is 5.87. The van der Waals surface area contributed by atoms with E-state index in [2.05, 4.69) is 25.9 Å². The molecule has 0 aliphatic rings. The molecule has 2 N–H and O–H groups in total. The van der Waals surface area contributed by atoms with Crippen LogP contribution in [0.3, 0.4) is 0 Å². The molecule has 1 aromatic carbocycles. The topological polar surface area (TPSA) is 79.1 Å². The van der Waals surface area contributed by atoms with E-state index >= 15 is 0 Å². The second-order valence-electron chi connectivity index (χ2n) is 6.24. The monoisotopic (exact) mass is 353 g/mol. The minimum absolute atomic E-state index is 0.0444. The molecule has 0 amide bonds. The first-order valence-corrected chi connectivity index (χ1v) is 8.46. The van der Waals surface area contributed by atoms with Gasteiger partial charge in [-0.1, -0.05) is 30.8 Å². The van der Waals surface area contributed by atoms with Gasteiger partial charge in [0.2, 0.25) is 0 Å². The van der Waals surface area contributed by atoms with Crippen LogP contribution in [0.15, 0.2) is 73.8 Å². The molecule has 0 aliphatic heterocycles. The summed E-state index contributed by atoms with van der Waals surface area (Å²) >= 11 is 0. The van der Waals surface area contributed by atoms with Gasteiger partial charge in [0.15, 0.2) is 5.65 Å². The van der Waals surface area contributed by atoms with Crippen molar-refractivity contribution in [3.05, 3.63) is 79.4 Å². The van der Waals surface area contributed by atoms with E-state index in [1.54, 1.807) is 12.4 Å². The lowest BCUT2D eigenvalue weighted by molar-refractivity contribution is 0.514. The molecule has 5 rings (SSSR count). The average Bonchev–Trinajstić information content (AvgIpc) is 3.33. The maximum absolute atomic E-state index is 9.57. The second kappa shape index (κ2) is 5.81. The van der Waals surface area contributed by atoms with Crippen LogP contribution in [0.5, 0.6) is 0 Å². The van der Waals surface area contributed by atoms with Crippen molar-refractivity contribution in [1.29, 1.82) is 0 Å². The molecule has 130 valence electrons. The molecule has 6 nitrogen and oxygen atoms in total. The maximum atomic E-state index is 9.57. The zero-order chi connectivity index (χ0) is 18.4. The Bertz CT molecular complexity index is 1280. The Morgan fingerprint density at radius 1 is 1.00 bits per heavy atom. The lowest BCUT2D eigenvalue weighted by Crippen LogP contribution is -1.92. The van der Waals surface area contributed by atoms with Crippen molar-refractivity contribution in [2.75, 3.05) is 0 Å². The van der Waals surface area contributed by atoms with Crippen LogP contribution in [0.25, 0.3) is 45.1 Å². The molecule has 0 saturated carbocycles. The van der Waals surface area contributed by atoms with E-state index in [9.17, 15) is 5.11 Å². The van der Waals surface area contributed by atoms with E-state index in [1.807, 2.05) is 54.9 Å². The van der Waals surface area contributed by atoms with Gasteiger partial charge >= 0.3 is 0 Å². The predicted octanol–water partition coefficient (Wildman–Crippen LogP) is 4.47. The quantitative estimate of drug-likeness (QED) is 0.469. The molecule has 6 heteroatoms. The standard InChI is InChI=1S/C21H15N5O/c1-13(27)14-4-6-15(7-5-14)19-18-12-24-20-17(8-10-23-20)26(18)21(25-19)16-3-2-9-22-11-16/h2-12,23,27H,1H2. The Morgan fingerprint density at radius 3 is 2.59 bits per heavy atom. The summed E-state index contributed by atoms with van der Waals surface area (Å²) in [6, 6.07) is 13.4. The van der Waals surface area contributed by atoms with Crippen LogP contribution in [0.2, 0.25) is 0 Å². The summed E-state index contributed by atoms with van der Waals surface area (Å²) in [4.78, 5) is 16.8. The van der Waals surface area contributed by atoms with Crippen molar-refractivity contribution in [1.82, 2.24) is 24.3 Å². The van der Waals surface area contributed by atoms with Crippen LogP contribution in [0.1, 0.15) is 5.56 Å². The third-order valence-electron chi connectivity index (χ3n) is 4.59. The molecule has 0 unspecified atom stereocenters. The molecule has 0 atom stereocenters. The zero-order valence-corrected chi connectivity index (χ0v) is 14.3. The number of fused-ring (bicyclic) bond motifs is 3. The summed E-state index contributed by atoms with van der Waals surface area (Å²) in [5.74, 6) is 0.846. The van der Waals surface area contributed by atoms with Crippen LogP contribution in [-0.4, -0.2) is 29.4 Å². The van der Waals surface area contributed by atoms with E-state index in [-0.39, 0.29) is 5.76 Å². The smallest absolute Gasteiger partial charge is 0.154 e. The molecule has 0 aliphatic carbocycles. The number of pyridine rings is 1. The summed E-state index contributed by atoms with van der Waals surface area (Å²) in [6.07, 6.45) is 7.23. The SMILES string of the molecule is C=C(O)c1ccc(-c2nc(-c3cccnc3)n3c2cnc2[nH]ccc23)cc1. The van der Waals surface area contributed by atoms with Gasteiger partial charge in [0.25, 0.3) is 0 Å². The molecule has 4 aromatic heterocycles. The van der Waals surface area contributed by atoms with Crippen molar-refractivity contribution in [3.8, 4) is 22.6 Å². The first-order chi connectivity index (χ1) is 13.2. The molecule has 0 saturated heterocycles. The van der Waals surface area contributed by atoms with Crippen LogP contribution in [-0.2, 0) is 0 Å². The number of aliphatic hydroxyl groups excluding tert-OH is 1. The molecular weight excluding hydrogens is 338 g/mol. The number of hydrogen-bond acceptors (Lipinski definition) is 4. The first-order valence-electron chi connectivity index (χ1n) is 8.46. The highest BCUT2D eigenvalue weighted by Crippen LogP contribution is 2.32. The summed E-state index contributed by atoms with van der Waals surface area (Å²) < 4.78 is 2.09. The summed E-state index contributed by atoms with van der Waals surface area (Å²) in [5.41, 5.74) is 6.00. The Kier molecular flexibility index (Phi) is 3.30. The lowest BCUT2D eigenvalue weighted by atomic mass is 10.1. The number of imidazole rings is 1. The largest absolute Gasteiger partial charge is 0.508 e. The van der Waals surface area contributed by atoms with Gasteiger partial charge in [0.05, 0.1) is 22.9 Å². The molecule has 0 fully saturated rings. The number of aromatic amines is 1. The number of aliphatic hydroxyl groups is 1.